The fourth-order valence-corrected chi connectivity index (χ4v) is 1.98. The van der Waals surface area contributed by atoms with Crippen LogP contribution in [0.25, 0.3) is 0 Å². The SMILES string of the molecule is CCOC(=O)c1cc(C(=O)O)n(CCOCc2ccccc2)n1. The first-order valence-corrected chi connectivity index (χ1v) is 7.21. The molecule has 1 aromatic heterocycles. The Morgan fingerprint density at radius 2 is 2.00 bits per heavy atom. The molecule has 0 spiro atoms. The maximum atomic E-state index is 11.6. The van der Waals surface area contributed by atoms with Crippen molar-refractivity contribution in [1.82, 2.24) is 9.78 Å². The Hall–Kier alpha value is -2.67. The first-order valence-electron chi connectivity index (χ1n) is 7.21. The zero-order valence-corrected chi connectivity index (χ0v) is 12.8. The molecular formula is C16H18N2O5. The summed E-state index contributed by atoms with van der Waals surface area (Å²) >= 11 is 0. The Labute approximate surface area is 133 Å². The van der Waals surface area contributed by atoms with Crippen molar-refractivity contribution in [3.05, 3.63) is 53.3 Å². The lowest BCUT2D eigenvalue weighted by molar-refractivity contribution is 0.0516. The summed E-state index contributed by atoms with van der Waals surface area (Å²) in [4.78, 5) is 22.8. The van der Waals surface area contributed by atoms with E-state index in [9.17, 15) is 14.7 Å². The highest BCUT2D eigenvalue weighted by Crippen LogP contribution is 2.07. The van der Waals surface area contributed by atoms with Crippen molar-refractivity contribution in [1.29, 1.82) is 0 Å². The summed E-state index contributed by atoms with van der Waals surface area (Å²) in [5.41, 5.74) is 0.933. The molecule has 0 saturated carbocycles. The predicted octanol–water partition coefficient (Wildman–Crippen LogP) is 1.97. The first kappa shape index (κ1) is 16.7. The van der Waals surface area contributed by atoms with Crippen LogP contribution in [0, 0.1) is 0 Å². The molecule has 1 heterocycles. The number of rotatable bonds is 8. The molecule has 1 aromatic carbocycles. The topological polar surface area (TPSA) is 90.7 Å². The van der Waals surface area contributed by atoms with E-state index in [2.05, 4.69) is 5.10 Å². The van der Waals surface area contributed by atoms with Crippen LogP contribution in [0.4, 0.5) is 0 Å². The van der Waals surface area contributed by atoms with Gasteiger partial charge >= 0.3 is 11.9 Å². The smallest absolute Gasteiger partial charge is 0.358 e. The third kappa shape index (κ3) is 4.65. The van der Waals surface area contributed by atoms with Gasteiger partial charge in [0.2, 0.25) is 0 Å². The quantitative estimate of drug-likeness (QED) is 0.591. The van der Waals surface area contributed by atoms with E-state index in [1.54, 1.807) is 6.92 Å². The molecule has 0 radical (unpaired) electrons. The number of hydrogen-bond acceptors (Lipinski definition) is 5. The van der Waals surface area contributed by atoms with E-state index in [4.69, 9.17) is 9.47 Å². The second-order valence-corrected chi connectivity index (χ2v) is 4.70. The number of aromatic carboxylic acids is 1. The van der Waals surface area contributed by atoms with Crippen molar-refractivity contribution >= 4 is 11.9 Å². The number of carboxylic acids is 1. The molecular weight excluding hydrogens is 300 g/mol. The number of benzene rings is 1. The second-order valence-electron chi connectivity index (χ2n) is 4.70. The zero-order valence-electron chi connectivity index (χ0n) is 12.8. The molecule has 0 fully saturated rings. The summed E-state index contributed by atoms with van der Waals surface area (Å²) in [6.45, 7) is 2.81. The maximum Gasteiger partial charge on any atom is 0.358 e. The van der Waals surface area contributed by atoms with Crippen molar-refractivity contribution in [2.24, 2.45) is 0 Å². The van der Waals surface area contributed by atoms with Crippen molar-refractivity contribution in [3.8, 4) is 0 Å². The van der Waals surface area contributed by atoms with Crippen LogP contribution in [0.2, 0.25) is 0 Å². The number of carboxylic acid groups (broad SMARTS) is 1. The Morgan fingerprint density at radius 3 is 2.65 bits per heavy atom. The van der Waals surface area contributed by atoms with Gasteiger partial charge in [0.15, 0.2) is 5.69 Å². The molecule has 0 atom stereocenters. The van der Waals surface area contributed by atoms with Crippen LogP contribution in [0.3, 0.4) is 0 Å². The maximum absolute atomic E-state index is 11.6. The van der Waals surface area contributed by atoms with E-state index in [1.165, 1.54) is 10.7 Å². The monoisotopic (exact) mass is 318 g/mol. The first-order chi connectivity index (χ1) is 11.1. The molecule has 0 aliphatic rings. The van der Waals surface area contributed by atoms with Crippen LogP contribution < -0.4 is 0 Å². The van der Waals surface area contributed by atoms with Gasteiger partial charge in [-0.3, -0.25) is 4.68 Å². The number of aromatic nitrogens is 2. The molecule has 0 amide bonds. The standard InChI is InChI=1S/C16H18N2O5/c1-2-23-16(21)13-10-14(15(19)20)18(17-13)8-9-22-11-12-6-4-3-5-7-12/h3-7,10H,2,8-9,11H2,1H3,(H,19,20). The molecule has 122 valence electrons. The highest BCUT2D eigenvalue weighted by Gasteiger charge is 2.19. The Morgan fingerprint density at radius 1 is 1.26 bits per heavy atom. The van der Waals surface area contributed by atoms with Crippen LogP contribution in [-0.4, -0.2) is 40.0 Å². The zero-order chi connectivity index (χ0) is 16.7. The molecule has 0 aliphatic heterocycles. The van der Waals surface area contributed by atoms with E-state index in [0.29, 0.717) is 6.61 Å². The molecule has 0 aliphatic carbocycles. The number of hydrogen-bond donors (Lipinski definition) is 1. The van der Waals surface area contributed by atoms with Gasteiger partial charge in [-0.15, -0.1) is 0 Å². The average molecular weight is 318 g/mol. The summed E-state index contributed by atoms with van der Waals surface area (Å²) < 4.78 is 11.6. The van der Waals surface area contributed by atoms with Crippen LogP contribution >= 0.6 is 0 Å². The molecule has 7 nitrogen and oxygen atoms in total. The molecule has 1 N–H and O–H groups in total. The largest absolute Gasteiger partial charge is 0.477 e. The van der Waals surface area contributed by atoms with E-state index in [0.717, 1.165) is 5.56 Å². The van der Waals surface area contributed by atoms with Crippen LogP contribution in [0.5, 0.6) is 0 Å². The van der Waals surface area contributed by atoms with Crippen molar-refractivity contribution < 1.29 is 24.2 Å². The molecule has 0 saturated heterocycles. The van der Waals surface area contributed by atoms with Gasteiger partial charge in [-0.1, -0.05) is 30.3 Å². The van der Waals surface area contributed by atoms with Gasteiger partial charge in [-0.2, -0.15) is 5.10 Å². The molecule has 2 aromatic rings. The van der Waals surface area contributed by atoms with Crippen molar-refractivity contribution in [3.63, 3.8) is 0 Å². The minimum atomic E-state index is -1.16. The van der Waals surface area contributed by atoms with Gasteiger partial charge in [0.05, 0.1) is 26.4 Å². The number of nitrogens with zero attached hydrogens (tertiary/aromatic N) is 2. The Balaban J connectivity index is 1.95. The van der Waals surface area contributed by atoms with Gasteiger partial charge in [-0.05, 0) is 12.5 Å². The summed E-state index contributed by atoms with van der Waals surface area (Å²) in [7, 11) is 0. The summed E-state index contributed by atoms with van der Waals surface area (Å²) in [6, 6.07) is 10.8. The lowest BCUT2D eigenvalue weighted by Gasteiger charge is -2.06. The Bertz CT molecular complexity index is 666. The number of carbonyl (C=O) groups excluding carboxylic acids is 1. The minimum Gasteiger partial charge on any atom is -0.477 e. The van der Waals surface area contributed by atoms with Crippen molar-refractivity contribution in [2.45, 2.75) is 20.1 Å². The van der Waals surface area contributed by atoms with E-state index in [1.807, 2.05) is 30.3 Å². The van der Waals surface area contributed by atoms with Crippen LogP contribution in [-0.2, 0) is 22.6 Å². The lowest BCUT2D eigenvalue weighted by Crippen LogP contribution is -2.14. The third-order valence-electron chi connectivity index (χ3n) is 3.04. The summed E-state index contributed by atoms with van der Waals surface area (Å²) in [5.74, 6) is -1.80. The van der Waals surface area contributed by atoms with Gasteiger partial charge in [0.25, 0.3) is 0 Å². The predicted molar refractivity (Wildman–Crippen MR) is 81.2 cm³/mol. The summed E-state index contributed by atoms with van der Waals surface area (Å²) in [5, 5.41) is 13.1. The van der Waals surface area contributed by atoms with Gasteiger partial charge in [0, 0.05) is 6.07 Å². The van der Waals surface area contributed by atoms with Gasteiger partial charge in [-0.25, -0.2) is 9.59 Å². The molecule has 0 unspecified atom stereocenters. The van der Waals surface area contributed by atoms with Gasteiger partial charge < -0.3 is 14.6 Å². The third-order valence-corrected chi connectivity index (χ3v) is 3.04. The molecule has 7 heteroatoms. The number of carbonyl (C=O) groups is 2. The van der Waals surface area contributed by atoms with Crippen LogP contribution in [0.15, 0.2) is 36.4 Å². The van der Waals surface area contributed by atoms with E-state index in [-0.39, 0.29) is 31.1 Å². The average Bonchev–Trinajstić information content (AvgIpc) is 2.97. The fraction of sp³-hybridized carbons (Fsp3) is 0.312. The molecule has 23 heavy (non-hydrogen) atoms. The normalized spacial score (nSPS) is 10.5. The Kier molecular flexibility index (Phi) is 5.87. The highest BCUT2D eigenvalue weighted by molar-refractivity contribution is 5.92. The minimum absolute atomic E-state index is 0.0210. The molecule has 0 bridgehead atoms. The van der Waals surface area contributed by atoms with E-state index < -0.39 is 11.9 Å². The highest BCUT2D eigenvalue weighted by atomic mass is 16.5. The number of ether oxygens (including phenoxy) is 2. The van der Waals surface area contributed by atoms with Crippen molar-refractivity contribution in [2.75, 3.05) is 13.2 Å². The van der Waals surface area contributed by atoms with Crippen LogP contribution in [0.1, 0.15) is 33.5 Å². The molecule has 2 rings (SSSR count). The summed E-state index contributed by atoms with van der Waals surface area (Å²) in [6.07, 6.45) is 0. The van der Waals surface area contributed by atoms with Gasteiger partial charge in [0.1, 0.15) is 5.69 Å². The lowest BCUT2D eigenvalue weighted by atomic mass is 10.2. The fourth-order valence-electron chi connectivity index (χ4n) is 1.98. The second kappa shape index (κ2) is 8.09. The number of esters is 1. The van der Waals surface area contributed by atoms with E-state index >= 15 is 0 Å².